The van der Waals surface area contributed by atoms with E-state index in [0.29, 0.717) is 6.10 Å². The first-order chi connectivity index (χ1) is 7.83. The van der Waals surface area contributed by atoms with Crippen molar-refractivity contribution in [1.82, 2.24) is 5.32 Å². The van der Waals surface area contributed by atoms with Gasteiger partial charge >= 0.3 is 0 Å². The summed E-state index contributed by atoms with van der Waals surface area (Å²) in [7, 11) is 0. The van der Waals surface area contributed by atoms with Crippen LogP contribution in [0, 0.1) is 11.8 Å². The molecule has 0 bridgehead atoms. The maximum absolute atomic E-state index is 5.63. The number of hydrogen-bond donors (Lipinski definition) is 1. The average molecular weight is 225 g/mol. The van der Waals surface area contributed by atoms with Crippen molar-refractivity contribution in [3.8, 4) is 0 Å². The molecule has 1 unspecified atom stereocenters. The SMILES string of the molecule is CCNC(CC1CC(OCC)C1)C1CCC1. The Morgan fingerprint density at radius 1 is 1.25 bits per heavy atom. The molecule has 0 aromatic carbocycles. The van der Waals surface area contributed by atoms with Crippen molar-refractivity contribution >= 4 is 0 Å². The van der Waals surface area contributed by atoms with Crippen molar-refractivity contribution < 1.29 is 4.74 Å². The van der Waals surface area contributed by atoms with Gasteiger partial charge in [-0.2, -0.15) is 0 Å². The summed E-state index contributed by atoms with van der Waals surface area (Å²) in [6.45, 7) is 6.35. The summed E-state index contributed by atoms with van der Waals surface area (Å²) in [5, 5.41) is 3.69. The smallest absolute Gasteiger partial charge is 0.0580 e. The van der Waals surface area contributed by atoms with Gasteiger partial charge in [0.05, 0.1) is 6.10 Å². The number of hydrogen-bond acceptors (Lipinski definition) is 2. The lowest BCUT2D eigenvalue weighted by molar-refractivity contribution is -0.0320. The van der Waals surface area contributed by atoms with Gasteiger partial charge in [0.1, 0.15) is 0 Å². The van der Waals surface area contributed by atoms with Crippen molar-refractivity contribution in [2.75, 3.05) is 13.2 Å². The molecule has 16 heavy (non-hydrogen) atoms. The highest BCUT2D eigenvalue weighted by atomic mass is 16.5. The first-order valence-corrected chi connectivity index (χ1v) is 7.18. The van der Waals surface area contributed by atoms with E-state index in [2.05, 4.69) is 19.2 Å². The van der Waals surface area contributed by atoms with Gasteiger partial charge < -0.3 is 10.1 Å². The minimum absolute atomic E-state index is 0.582. The van der Waals surface area contributed by atoms with Crippen LogP contribution in [0.3, 0.4) is 0 Å². The maximum atomic E-state index is 5.63. The summed E-state index contributed by atoms with van der Waals surface area (Å²) >= 11 is 0. The minimum Gasteiger partial charge on any atom is -0.378 e. The zero-order valence-electron chi connectivity index (χ0n) is 10.9. The molecule has 2 aliphatic carbocycles. The Hall–Kier alpha value is -0.0800. The molecule has 0 heterocycles. The summed E-state index contributed by atoms with van der Waals surface area (Å²) < 4.78 is 5.63. The zero-order chi connectivity index (χ0) is 11.4. The number of ether oxygens (including phenoxy) is 1. The molecule has 0 saturated heterocycles. The van der Waals surface area contributed by atoms with Gasteiger partial charge in [-0.15, -0.1) is 0 Å². The van der Waals surface area contributed by atoms with Crippen LogP contribution in [-0.2, 0) is 4.74 Å². The largest absolute Gasteiger partial charge is 0.378 e. The molecule has 0 amide bonds. The molecule has 0 spiro atoms. The second-order valence-corrected chi connectivity index (χ2v) is 5.51. The Morgan fingerprint density at radius 3 is 2.50 bits per heavy atom. The molecule has 2 heteroatoms. The van der Waals surface area contributed by atoms with Crippen LogP contribution in [0.2, 0.25) is 0 Å². The Labute approximate surface area is 100 Å². The average Bonchev–Trinajstić information content (AvgIpc) is 2.12. The second kappa shape index (κ2) is 6.02. The summed E-state index contributed by atoms with van der Waals surface area (Å²) in [4.78, 5) is 0. The van der Waals surface area contributed by atoms with Gasteiger partial charge in [0.15, 0.2) is 0 Å². The summed E-state index contributed by atoms with van der Waals surface area (Å²) in [5.41, 5.74) is 0. The molecule has 2 aliphatic rings. The van der Waals surface area contributed by atoms with Gasteiger partial charge in [0.2, 0.25) is 0 Å². The van der Waals surface area contributed by atoms with Gasteiger partial charge in [-0.3, -0.25) is 0 Å². The lowest BCUT2D eigenvalue weighted by Crippen LogP contribution is -2.43. The quantitative estimate of drug-likeness (QED) is 0.719. The lowest BCUT2D eigenvalue weighted by Gasteiger charge is -2.41. The third kappa shape index (κ3) is 2.98. The van der Waals surface area contributed by atoms with Gasteiger partial charge in [0, 0.05) is 12.6 Å². The van der Waals surface area contributed by atoms with Gasteiger partial charge in [-0.1, -0.05) is 13.3 Å². The molecule has 1 N–H and O–H groups in total. The fourth-order valence-corrected chi connectivity index (χ4v) is 3.14. The van der Waals surface area contributed by atoms with E-state index in [1.165, 1.54) is 38.5 Å². The Bertz CT molecular complexity index is 197. The molecule has 0 aromatic heterocycles. The Kier molecular flexibility index (Phi) is 4.66. The predicted octanol–water partition coefficient (Wildman–Crippen LogP) is 2.97. The highest BCUT2D eigenvalue weighted by Gasteiger charge is 2.34. The number of nitrogens with one attached hydrogen (secondary N) is 1. The monoisotopic (exact) mass is 225 g/mol. The normalized spacial score (nSPS) is 31.9. The van der Waals surface area contributed by atoms with Crippen LogP contribution in [0.4, 0.5) is 0 Å². The Balaban J connectivity index is 1.66. The van der Waals surface area contributed by atoms with Crippen molar-refractivity contribution in [2.45, 2.75) is 64.5 Å². The molecule has 2 fully saturated rings. The molecule has 2 saturated carbocycles. The van der Waals surface area contributed by atoms with E-state index < -0.39 is 0 Å². The van der Waals surface area contributed by atoms with Crippen molar-refractivity contribution in [2.24, 2.45) is 11.8 Å². The third-order valence-corrected chi connectivity index (χ3v) is 4.37. The fraction of sp³-hybridized carbons (Fsp3) is 1.00. The van der Waals surface area contributed by atoms with Crippen LogP contribution in [0.1, 0.15) is 52.4 Å². The van der Waals surface area contributed by atoms with E-state index in [4.69, 9.17) is 4.74 Å². The van der Waals surface area contributed by atoms with Gasteiger partial charge in [-0.05, 0) is 57.4 Å². The standard InChI is InChI=1S/C14H27NO/c1-3-15-14(12-6-5-7-12)10-11-8-13(9-11)16-4-2/h11-15H,3-10H2,1-2H3. The molecule has 1 atom stereocenters. The molecule has 94 valence electrons. The lowest BCUT2D eigenvalue weighted by atomic mass is 9.71. The maximum Gasteiger partial charge on any atom is 0.0580 e. The summed E-state index contributed by atoms with van der Waals surface area (Å²) in [6, 6.07) is 0.798. The first-order valence-electron chi connectivity index (χ1n) is 7.18. The van der Waals surface area contributed by atoms with Crippen molar-refractivity contribution in [3.63, 3.8) is 0 Å². The molecular formula is C14H27NO. The van der Waals surface area contributed by atoms with E-state index in [-0.39, 0.29) is 0 Å². The van der Waals surface area contributed by atoms with E-state index >= 15 is 0 Å². The van der Waals surface area contributed by atoms with E-state index in [1.54, 1.807) is 0 Å². The van der Waals surface area contributed by atoms with Crippen LogP contribution in [0.15, 0.2) is 0 Å². The van der Waals surface area contributed by atoms with E-state index in [9.17, 15) is 0 Å². The highest BCUT2D eigenvalue weighted by molar-refractivity contribution is 4.89. The van der Waals surface area contributed by atoms with E-state index in [0.717, 1.165) is 31.0 Å². The second-order valence-electron chi connectivity index (χ2n) is 5.51. The van der Waals surface area contributed by atoms with Crippen LogP contribution >= 0.6 is 0 Å². The molecule has 2 rings (SSSR count). The first kappa shape index (κ1) is 12.4. The van der Waals surface area contributed by atoms with Crippen LogP contribution < -0.4 is 5.32 Å². The van der Waals surface area contributed by atoms with Crippen LogP contribution in [0.5, 0.6) is 0 Å². The van der Waals surface area contributed by atoms with Crippen molar-refractivity contribution in [3.05, 3.63) is 0 Å². The minimum atomic E-state index is 0.582. The third-order valence-electron chi connectivity index (χ3n) is 4.37. The Morgan fingerprint density at radius 2 is 2.00 bits per heavy atom. The van der Waals surface area contributed by atoms with E-state index in [1.807, 2.05) is 0 Å². The fourth-order valence-electron chi connectivity index (χ4n) is 3.14. The van der Waals surface area contributed by atoms with Crippen molar-refractivity contribution in [1.29, 1.82) is 0 Å². The molecular weight excluding hydrogens is 198 g/mol. The molecule has 0 aliphatic heterocycles. The highest BCUT2D eigenvalue weighted by Crippen LogP contribution is 2.38. The van der Waals surface area contributed by atoms with Gasteiger partial charge in [-0.25, -0.2) is 0 Å². The predicted molar refractivity (Wildman–Crippen MR) is 67.6 cm³/mol. The van der Waals surface area contributed by atoms with Crippen LogP contribution in [0.25, 0.3) is 0 Å². The zero-order valence-corrected chi connectivity index (χ0v) is 10.9. The molecule has 2 nitrogen and oxygen atoms in total. The molecule has 0 radical (unpaired) electrons. The van der Waals surface area contributed by atoms with Crippen LogP contribution in [-0.4, -0.2) is 25.3 Å². The molecule has 0 aromatic rings. The topological polar surface area (TPSA) is 21.3 Å². The number of rotatable bonds is 7. The summed E-state index contributed by atoms with van der Waals surface area (Å²) in [5.74, 6) is 1.91. The van der Waals surface area contributed by atoms with Gasteiger partial charge in [0.25, 0.3) is 0 Å². The summed E-state index contributed by atoms with van der Waals surface area (Å²) in [6.07, 6.45) is 8.96.